The van der Waals surface area contributed by atoms with Crippen molar-refractivity contribution in [2.75, 3.05) is 5.32 Å². The SMILES string of the molecule is CCc1ncc(CNc2cccc3cn[nH]c23)s1. The molecule has 0 fully saturated rings. The predicted octanol–water partition coefficient (Wildman–Crippen LogP) is 3.19. The molecule has 18 heavy (non-hydrogen) atoms. The number of para-hydroxylation sites is 1. The lowest BCUT2D eigenvalue weighted by atomic mass is 10.2. The summed E-state index contributed by atoms with van der Waals surface area (Å²) in [6, 6.07) is 6.14. The predicted molar refractivity (Wildman–Crippen MR) is 74.9 cm³/mol. The Balaban J connectivity index is 1.78. The molecule has 0 saturated carbocycles. The van der Waals surface area contributed by atoms with Crippen LogP contribution in [0.1, 0.15) is 16.8 Å². The third-order valence-electron chi connectivity index (χ3n) is 2.83. The molecule has 0 aliphatic rings. The minimum atomic E-state index is 0.801. The lowest BCUT2D eigenvalue weighted by molar-refractivity contribution is 1.09. The van der Waals surface area contributed by atoms with Crippen molar-refractivity contribution < 1.29 is 0 Å². The molecule has 4 nitrogen and oxygen atoms in total. The van der Waals surface area contributed by atoms with E-state index in [1.54, 1.807) is 11.3 Å². The Hall–Kier alpha value is -1.88. The van der Waals surface area contributed by atoms with E-state index < -0.39 is 0 Å². The van der Waals surface area contributed by atoms with Gasteiger partial charge >= 0.3 is 0 Å². The third-order valence-corrected chi connectivity index (χ3v) is 3.98. The van der Waals surface area contributed by atoms with E-state index in [1.165, 1.54) is 9.88 Å². The number of hydrogen-bond donors (Lipinski definition) is 2. The van der Waals surface area contributed by atoms with Crippen LogP contribution in [0.3, 0.4) is 0 Å². The molecule has 5 heteroatoms. The second-order valence-electron chi connectivity index (χ2n) is 4.07. The van der Waals surface area contributed by atoms with Crippen LogP contribution in [0.4, 0.5) is 5.69 Å². The molecular weight excluding hydrogens is 244 g/mol. The minimum Gasteiger partial charge on any atom is -0.378 e. The van der Waals surface area contributed by atoms with Gasteiger partial charge < -0.3 is 5.32 Å². The summed E-state index contributed by atoms with van der Waals surface area (Å²) in [6.07, 6.45) is 4.78. The van der Waals surface area contributed by atoms with E-state index in [-0.39, 0.29) is 0 Å². The number of aryl methyl sites for hydroxylation is 1. The molecule has 0 aliphatic carbocycles. The molecule has 0 bridgehead atoms. The van der Waals surface area contributed by atoms with Gasteiger partial charge in [0, 0.05) is 16.5 Å². The molecule has 0 atom stereocenters. The summed E-state index contributed by atoms with van der Waals surface area (Å²) in [5.74, 6) is 0. The molecule has 92 valence electrons. The molecule has 2 aromatic heterocycles. The smallest absolute Gasteiger partial charge is 0.0925 e. The molecular formula is C13H14N4S. The van der Waals surface area contributed by atoms with Gasteiger partial charge in [-0.25, -0.2) is 4.98 Å². The van der Waals surface area contributed by atoms with Crippen molar-refractivity contribution in [1.29, 1.82) is 0 Å². The van der Waals surface area contributed by atoms with Gasteiger partial charge in [0.1, 0.15) is 0 Å². The van der Waals surface area contributed by atoms with E-state index in [1.807, 2.05) is 24.5 Å². The first-order valence-corrected chi connectivity index (χ1v) is 6.78. The molecule has 0 spiro atoms. The fraction of sp³-hybridized carbons (Fsp3) is 0.231. The lowest BCUT2D eigenvalue weighted by Crippen LogP contribution is -1.97. The summed E-state index contributed by atoms with van der Waals surface area (Å²) in [5, 5.41) is 12.8. The lowest BCUT2D eigenvalue weighted by Gasteiger charge is -2.05. The van der Waals surface area contributed by atoms with E-state index in [9.17, 15) is 0 Å². The molecule has 0 saturated heterocycles. The second kappa shape index (κ2) is 4.78. The Morgan fingerprint density at radius 2 is 2.28 bits per heavy atom. The van der Waals surface area contributed by atoms with Crippen molar-refractivity contribution in [2.24, 2.45) is 0 Å². The number of aromatic nitrogens is 3. The number of H-pyrrole nitrogens is 1. The van der Waals surface area contributed by atoms with Gasteiger partial charge in [-0.05, 0) is 12.5 Å². The van der Waals surface area contributed by atoms with Crippen LogP contribution >= 0.6 is 11.3 Å². The van der Waals surface area contributed by atoms with Crippen molar-refractivity contribution in [3.63, 3.8) is 0 Å². The van der Waals surface area contributed by atoms with E-state index in [0.29, 0.717) is 0 Å². The summed E-state index contributed by atoms with van der Waals surface area (Å²) < 4.78 is 0. The normalized spacial score (nSPS) is 10.9. The maximum Gasteiger partial charge on any atom is 0.0925 e. The van der Waals surface area contributed by atoms with Gasteiger partial charge in [-0.3, -0.25) is 5.10 Å². The number of thiazole rings is 1. The van der Waals surface area contributed by atoms with Gasteiger partial charge in [-0.15, -0.1) is 11.3 Å². The zero-order chi connectivity index (χ0) is 12.4. The van der Waals surface area contributed by atoms with Crippen LogP contribution in [0, 0.1) is 0 Å². The van der Waals surface area contributed by atoms with E-state index in [2.05, 4.69) is 33.5 Å². The zero-order valence-corrected chi connectivity index (χ0v) is 10.9. The van der Waals surface area contributed by atoms with Crippen molar-refractivity contribution in [2.45, 2.75) is 19.9 Å². The molecule has 1 aromatic carbocycles. The molecule has 0 unspecified atom stereocenters. The number of aromatic amines is 1. The summed E-state index contributed by atoms with van der Waals surface area (Å²) in [7, 11) is 0. The number of nitrogens with zero attached hydrogens (tertiary/aromatic N) is 2. The third kappa shape index (κ3) is 2.09. The highest BCUT2D eigenvalue weighted by atomic mass is 32.1. The van der Waals surface area contributed by atoms with E-state index in [0.717, 1.165) is 29.6 Å². The van der Waals surface area contributed by atoms with E-state index in [4.69, 9.17) is 0 Å². The maximum absolute atomic E-state index is 4.36. The Morgan fingerprint density at radius 1 is 1.33 bits per heavy atom. The number of benzene rings is 1. The van der Waals surface area contributed by atoms with Crippen LogP contribution in [0.25, 0.3) is 10.9 Å². The number of anilines is 1. The topological polar surface area (TPSA) is 53.6 Å². The number of nitrogens with one attached hydrogen (secondary N) is 2. The minimum absolute atomic E-state index is 0.801. The second-order valence-corrected chi connectivity index (χ2v) is 5.27. The quantitative estimate of drug-likeness (QED) is 0.755. The average Bonchev–Trinajstić information content (AvgIpc) is 3.05. The Labute approximate surface area is 109 Å². The maximum atomic E-state index is 4.36. The number of rotatable bonds is 4. The Kier molecular flexibility index (Phi) is 2.98. The molecule has 2 N–H and O–H groups in total. The van der Waals surface area contributed by atoms with Crippen LogP contribution in [0.2, 0.25) is 0 Å². The van der Waals surface area contributed by atoms with Gasteiger partial charge in [0.15, 0.2) is 0 Å². The summed E-state index contributed by atoms with van der Waals surface area (Å²) >= 11 is 1.76. The van der Waals surface area contributed by atoms with Gasteiger partial charge in [-0.1, -0.05) is 19.1 Å². The van der Waals surface area contributed by atoms with Crippen LogP contribution < -0.4 is 5.32 Å². The molecule has 0 aliphatic heterocycles. The first-order chi connectivity index (χ1) is 8.86. The van der Waals surface area contributed by atoms with Crippen molar-refractivity contribution in [3.8, 4) is 0 Å². The van der Waals surface area contributed by atoms with Crippen LogP contribution in [0.5, 0.6) is 0 Å². The standard InChI is InChI=1S/C13H14N4S/c1-2-12-15-8-10(18-12)7-14-11-5-3-4-9-6-16-17-13(9)11/h3-6,8,14H,2,7H2,1H3,(H,16,17). The monoisotopic (exact) mass is 258 g/mol. The van der Waals surface area contributed by atoms with Crippen molar-refractivity contribution >= 4 is 27.9 Å². The zero-order valence-electron chi connectivity index (χ0n) is 10.1. The van der Waals surface area contributed by atoms with E-state index >= 15 is 0 Å². The highest BCUT2D eigenvalue weighted by Crippen LogP contribution is 2.22. The van der Waals surface area contributed by atoms with Crippen LogP contribution in [0.15, 0.2) is 30.6 Å². The van der Waals surface area contributed by atoms with Crippen molar-refractivity contribution in [3.05, 3.63) is 40.5 Å². The molecule has 3 aromatic rings. The highest BCUT2D eigenvalue weighted by Gasteiger charge is 2.04. The van der Waals surface area contributed by atoms with Crippen molar-refractivity contribution in [1.82, 2.24) is 15.2 Å². The van der Waals surface area contributed by atoms with Crippen LogP contribution in [-0.4, -0.2) is 15.2 Å². The Bertz CT molecular complexity index is 656. The average molecular weight is 258 g/mol. The first-order valence-electron chi connectivity index (χ1n) is 5.96. The fourth-order valence-electron chi connectivity index (χ4n) is 1.89. The molecule has 2 heterocycles. The largest absolute Gasteiger partial charge is 0.378 e. The van der Waals surface area contributed by atoms with Gasteiger partial charge in [0.05, 0.1) is 29.0 Å². The molecule has 0 radical (unpaired) electrons. The van der Waals surface area contributed by atoms with Gasteiger partial charge in [0.2, 0.25) is 0 Å². The summed E-state index contributed by atoms with van der Waals surface area (Å²) in [6.45, 7) is 2.93. The highest BCUT2D eigenvalue weighted by molar-refractivity contribution is 7.11. The fourth-order valence-corrected chi connectivity index (χ4v) is 2.69. The van der Waals surface area contributed by atoms with Crippen LogP contribution in [-0.2, 0) is 13.0 Å². The number of hydrogen-bond acceptors (Lipinski definition) is 4. The molecule has 0 amide bonds. The molecule has 3 rings (SSSR count). The van der Waals surface area contributed by atoms with Gasteiger partial charge in [0.25, 0.3) is 0 Å². The summed E-state index contributed by atoms with van der Waals surface area (Å²) in [4.78, 5) is 5.61. The Morgan fingerprint density at radius 3 is 3.11 bits per heavy atom. The number of fused-ring (bicyclic) bond motifs is 1. The summed E-state index contributed by atoms with van der Waals surface area (Å²) in [5.41, 5.74) is 2.13. The van der Waals surface area contributed by atoms with Gasteiger partial charge in [-0.2, -0.15) is 5.10 Å². The first kappa shape index (κ1) is 11.2.